The second kappa shape index (κ2) is 9.23. The maximum absolute atomic E-state index is 11.9. The van der Waals surface area contributed by atoms with E-state index in [4.69, 9.17) is 22.1 Å². The molecule has 1 heterocycles. The van der Waals surface area contributed by atoms with Gasteiger partial charge >= 0.3 is 0 Å². The van der Waals surface area contributed by atoms with Crippen molar-refractivity contribution in [2.24, 2.45) is 5.73 Å². The molecule has 1 unspecified atom stereocenters. The number of anilines is 1. The zero-order valence-electron chi connectivity index (χ0n) is 11.8. The van der Waals surface area contributed by atoms with E-state index in [1.165, 1.54) is 0 Å². The van der Waals surface area contributed by atoms with Gasteiger partial charge < -0.3 is 15.8 Å². The van der Waals surface area contributed by atoms with Gasteiger partial charge in [-0.15, -0.1) is 12.4 Å². The molecule has 1 aliphatic rings. The second-order valence-corrected chi connectivity index (χ2v) is 5.21. The standard InChI is InChI=1S/C14H20ClN3O2.ClH/c15-12-3-1-2-4-13(12)17-14(19)5-6-18-7-8-20-11(9-16)10-18;/h1-4,11H,5-10,16H2,(H,17,19);1H. The summed E-state index contributed by atoms with van der Waals surface area (Å²) in [6, 6.07) is 7.22. The van der Waals surface area contributed by atoms with Gasteiger partial charge in [0.1, 0.15) is 0 Å². The van der Waals surface area contributed by atoms with Crippen LogP contribution in [-0.2, 0) is 9.53 Å². The molecule has 1 amide bonds. The molecule has 1 fully saturated rings. The maximum atomic E-state index is 11.9. The molecule has 2 rings (SSSR count). The zero-order chi connectivity index (χ0) is 14.4. The molecule has 1 aromatic carbocycles. The van der Waals surface area contributed by atoms with E-state index in [2.05, 4.69) is 10.2 Å². The molecule has 0 aromatic heterocycles. The molecule has 0 bridgehead atoms. The number of rotatable bonds is 5. The molecule has 1 atom stereocenters. The maximum Gasteiger partial charge on any atom is 0.225 e. The molecule has 1 saturated heterocycles. The fourth-order valence-corrected chi connectivity index (χ4v) is 2.34. The summed E-state index contributed by atoms with van der Waals surface area (Å²) in [5, 5.41) is 3.37. The third-order valence-electron chi connectivity index (χ3n) is 3.29. The van der Waals surface area contributed by atoms with Crippen molar-refractivity contribution in [3.05, 3.63) is 29.3 Å². The zero-order valence-corrected chi connectivity index (χ0v) is 13.3. The number of halogens is 2. The van der Waals surface area contributed by atoms with Crippen LogP contribution in [0.15, 0.2) is 24.3 Å². The fraction of sp³-hybridized carbons (Fsp3) is 0.500. The van der Waals surface area contributed by atoms with Gasteiger partial charge in [0.05, 0.1) is 23.4 Å². The fourth-order valence-electron chi connectivity index (χ4n) is 2.16. The minimum atomic E-state index is -0.0334. The first kappa shape index (κ1) is 18.2. The van der Waals surface area contributed by atoms with Gasteiger partial charge in [-0.3, -0.25) is 9.69 Å². The SMILES string of the molecule is Cl.NCC1CN(CCC(=O)Nc2ccccc2Cl)CCO1. The normalized spacial score (nSPS) is 18.9. The number of carbonyl (C=O) groups is 1. The third-order valence-corrected chi connectivity index (χ3v) is 3.62. The molecule has 0 saturated carbocycles. The van der Waals surface area contributed by atoms with Crippen LogP contribution >= 0.6 is 24.0 Å². The van der Waals surface area contributed by atoms with Gasteiger partial charge in [0, 0.05) is 32.6 Å². The van der Waals surface area contributed by atoms with Crippen LogP contribution in [0.2, 0.25) is 5.02 Å². The topological polar surface area (TPSA) is 67.6 Å². The first-order chi connectivity index (χ1) is 9.69. The number of amides is 1. The highest BCUT2D eigenvalue weighted by Crippen LogP contribution is 2.20. The Labute approximate surface area is 136 Å². The van der Waals surface area contributed by atoms with E-state index in [9.17, 15) is 4.79 Å². The monoisotopic (exact) mass is 333 g/mol. The summed E-state index contributed by atoms with van der Waals surface area (Å²) >= 11 is 6.00. The van der Waals surface area contributed by atoms with Crippen LogP contribution in [0.25, 0.3) is 0 Å². The molecule has 5 nitrogen and oxygen atoms in total. The molecule has 118 valence electrons. The van der Waals surface area contributed by atoms with Crippen LogP contribution < -0.4 is 11.1 Å². The van der Waals surface area contributed by atoms with E-state index >= 15 is 0 Å². The largest absolute Gasteiger partial charge is 0.374 e. The predicted octanol–water partition coefficient (Wildman–Crippen LogP) is 1.75. The Balaban J connectivity index is 0.00000220. The average Bonchev–Trinajstić information content (AvgIpc) is 2.48. The van der Waals surface area contributed by atoms with Gasteiger partial charge in [0.25, 0.3) is 0 Å². The molecular formula is C14H21Cl2N3O2. The van der Waals surface area contributed by atoms with Gasteiger partial charge in [-0.25, -0.2) is 0 Å². The lowest BCUT2D eigenvalue weighted by molar-refractivity contribution is -0.117. The Morgan fingerprint density at radius 3 is 2.95 bits per heavy atom. The van der Waals surface area contributed by atoms with E-state index in [-0.39, 0.29) is 24.4 Å². The molecule has 1 aliphatic heterocycles. The summed E-state index contributed by atoms with van der Waals surface area (Å²) in [6.07, 6.45) is 0.512. The van der Waals surface area contributed by atoms with Gasteiger partial charge in [-0.05, 0) is 12.1 Å². The minimum absolute atomic E-state index is 0. The number of para-hydroxylation sites is 1. The Morgan fingerprint density at radius 2 is 2.24 bits per heavy atom. The van der Waals surface area contributed by atoms with Crippen molar-refractivity contribution < 1.29 is 9.53 Å². The summed E-state index contributed by atoms with van der Waals surface area (Å²) < 4.78 is 5.49. The summed E-state index contributed by atoms with van der Waals surface area (Å²) in [5.74, 6) is -0.0334. The average molecular weight is 334 g/mol. The van der Waals surface area contributed by atoms with E-state index in [1.807, 2.05) is 12.1 Å². The highest BCUT2D eigenvalue weighted by Gasteiger charge is 2.19. The van der Waals surface area contributed by atoms with Gasteiger partial charge in [-0.1, -0.05) is 23.7 Å². The van der Waals surface area contributed by atoms with Crippen LogP contribution in [-0.4, -0.2) is 49.7 Å². The lowest BCUT2D eigenvalue weighted by Crippen LogP contribution is -2.46. The number of carbonyl (C=O) groups excluding carboxylic acids is 1. The predicted molar refractivity (Wildman–Crippen MR) is 87.2 cm³/mol. The number of hydrogen-bond acceptors (Lipinski definition) is 4. The highest BCUT2D eigenvalue weighted by atomic mass is 35.5. The van der Waals surface area contributed by atoms with Crippen LogP contribution in [0, 0.1) is 0 Å². The first-order valence-corrected chi connectivity index (χ1v) is 7.15. The molecule has 3 N–H and O–H groups in total. The van der Waals surface area contributed by atoms with Crippen molar-refractivity contribution in [1.29, 1.82) is 0 Å². The van der Waals surface area contributed by atoms with E-state index in [0.29, 0.717) is 36.8 Å². The van der Waals surface area contributed by atoms with Gasteiger partial charge in [0.2, 0.25) is 5.91 Å². The van der Waals surface area contributed by atoms with Gasteiger partial charge in [-0.2, -0.15) is 0 Å². The summed E-state index contributed by atoms with van der Waals surface area (Å²) in [7, 11) is 0. The first-order valence-electron chi connectivity index (χ1n) is 6.77. The lowest BCUT2D eigenvalue weighted by atomic mass is 10.2. The van der Waals surface area contributed by atoms with Crippen molar-refractivity contribution in [3.63, 3.8) is 0 Å². The summed E-state index contributed by atoms with van der Waals surface area (Å²) in [6.45, 7) is 3.53. The van der Waals surface area contributed by atoms with Crippen molar-refractivity contribution in [2.45, 2.75) is 12.5 Å². The minimum Gasteiger partial charge on any atom is -0.374 e. The summed E-state index contributed by atoms with van der Waals surface area (Å²) in [5.41, 5.74) is 6.25. The molecular weight excluding hydrogens is 313 g/mol. The number of hydrogen-bond donors (Lipinski definition) is 2. The number of nitrogens with two attached hydrogens (primary N) is 1. The van der Waals surface area contributed by atoms with E-state index in [0.717, 1.165) is 13.1 Å². The molecule has 0 aliphatic carbocycles. The van der Waals surface area contributed by atoms with Crippen molar-refractivity contribution in [2.75, 3.05) is 38.1 Å². The molecule has 7 heteroatoms. The molecule has 1 aromatic rings. The number of ether oxygens (including phenoxy) is 1. The van der Waals surface area contributed by atoms with Crippen molar-refractivity contribution in [1.82, 2.24) is 4.90 Å². The van der Waals surface area contributed by atoms with E-state index < -0.39 is 0 Å². The number of nitrogens with one attached hydrogen (secondary N) is 1. The van der Waals surface area contributed by atoms with Gasteiger partial charge in [0.15, 0.2) is 0 Å². The van der Waals surface area contributed by atoms with Crippen LogP contribution in [0.4, 0.5) is 5.69 Å². The Morgan fingerprint density at radius 1 is 1.48 bits per heavy atom. The summed E-state index contributed by atoms with van der Waals surface area (Å²) in [4.78, 5) is 14.1. The molecule has 0 spiro atoms. The Kier molecular flexibility index (Phi) is 8.00. The number of morpholine rings is 1. The highest BCUT2D eigenvalue weighted by molar-refractivity contribution is 6.33. The molecule has 0 radical (unpaired) electrons. The van der Waals surface area contributed by atoms with Crippen LogP contribution in [0.3, 0.4) is 0 Å². The number of benzene rings is 1. The second-order valence-electron chi connectivity index (χ2n) is 4.81. The van der Waals surface area contributed by atoms with Crippen molar-refractivity contribution >= 4 is 35.6 Å². The smallest absolute Gasteiger partial charge is 0.225 e. The molecule has 21 heavy (non-hydrogen) atoms. The number of nitrogens with zero attached hydrogens (tertiary/aromatic N) is 1. The Bertz CT molecular complexity index is 460. The van der Waals surface area contributed by atoms with Crippen molar-refractivity contribution in [3.8, 4) is 0 Å². The van der Waals surface area contributed by atoms with Crippen LogP contribution in [0.5, 0.6) is 0 Å². The van der Waals surface area contributed by atoms with Crippen LogP contribution in [0.1, 0.15) is 6.42 Å². The lowest BCUT2D eigenvalue weighted by Gasteiger charge is -2.32. The Hall–Kier alpha value is -0.850. The third kappa shape index (κ3) is 5.80. The van der Waals surface area contributed by atoms with E-state index in [1.54, 1.807) is 12.1 Å². The quantitative estimate of drug-likeness (QED) is 0.861.